The highest BCUT2D eigenvalue weighted by molar-refractivity contribution is 7.51. The minimum Gasteiger partial charge on any atom is -0.378 e. The Balaban J connectivity index is 2.07. The Kier molecular flexibility index (Phi) is 20.6. The predicted octanol–water partition coefficient (Wildman–Crippen LogP) is 8.81. The Bertz CT molecular complexity index is 648. The molecule has 0 saturated heterocycles. The van der Waals surface area contributed by atoms with Crippen molar-refractivity contribution in [3.8, 4) is 0 Å². The summed E-state index contributed by atoms with van der Waals surface area (Å²) in [6.45, 7) is 4.85. The van der Waals surface area contributed by atoms with E-state index in [0.717, 1.165) is 19.4 Å². The Hall–Kier alpha value is -0.710. The van der Waals surface area contributed by atoms with Crippen molar-refractivity contribution >= 4 is 7.60 Å². The molecule has 0 aliphatic heterocycles. The zero-order valence-electron chi connectivity index (χ0n) is 23.2. The molecule has 0 heterocycles. The fourth-order valence-corrected chi connectivity index (χ4v) is 5.10. The van der Waals surface area contributed by atoms with Crippen molar-refractivity contribution in [2.75, 3.05) is 13.0 Å². The number of hydrogen-bond acceptors (Lipinski definition) is 3. The van der Waals surface area contributed by atoms with Crippen molar-refractivity contribution in [2.45, 2.75) is 142 Å². The molecule has 2 N–H and O–H groups in total. The standard InChI is InChI=1S/C30H55O5P/c1-3-4-5-6-7-8-9-10-11-12-13-14-15-16-17-21-24-34-30(26-29-22-19-18-20-23-29)25-28(2)35-27-36(31,32)33/h18-20,22-23,28,30H,3-17,21,24-27H2,1-2H3,(H2,31,32,33). The van der Waals surface area contributed by atoms with Gasteiger partial charge in [-0.1, -0.05) is 134 Å². The predicted molar refractivity (Wildman–Crippen MR) is 152 cm³/mol. The molecule has 0 aliphatic carbocycles. The summed E-state index contributed by atoms with van der Waals surface area (Å²) in [6.07, 6.45) is 22.2. The lowest BCUT2D eigenvalue weighted by Crippen LogP contribution is -2.24. The van der Waals surface area contributed by atoms with Crippen LogP contribution in [0.4, 0.5) is 0 Å². The van der Waals surface area contributed by atoms with Gasteiger partial charge < -0.3 is 19.3 Å². The molecule has 1 aromatic rings. The van der Waals surface area contributed by atoms with Gasteiger partial charge in [0.05, 0.1) is 12.2 Å². The Morgan fingerprint density at radius 2 is 1.19 bits per heavy atom. The van der Waals surface area contributed by atoms with Gasteiger partial charge in [0.25, 0.3) is 0 Å². The summed E-state index contributed by atoms with van der Waals surface area (Å²) < 4.78 is 22.7. The second kappa shape index (κ2) is 22.3. The average molecular weight is 527 g/mol. The molecular formula is C30H55O5P. The maximum Gasteiger partial charge on any atom is 0.350 e. The van der Waals surface area contributed by atoms with Crippen LogP contribution in [0.1, 0.15) is 129 Å². The largest absolute Gasteiger partial charge is 0.378 e. The summed E-state index contributed by atoms with van der Waals surface area (Å²) in [5.74, 6) is 0. The lowest BCUT2D eigenvalue weighted by Gasteiger charge is -2.22. The highest BCUT2D eigenvalue weighted by Crippen LogP contribution is 2.34. The first-order valence-electron chi connectivity index (χ1n) is 14.7. The van der Waals surface area contributed by atoms with Crippen molar-refractivity contribution in [3.05, 3.63) is 35.9 Å². The van der Waals surface area contributed by atoms with E-state index in [0.29, 0.717) is 6.42 Å². The van der Waals surface area contributed by atoms with E-state index in [9.17, 15) is 4.57 Å². The second-order valence-corrected chi connectivity index (χ2v) is 12.1. The van der Waals surface area contributed by atoms with Crippen LogP contribution in [0.3, 0.4) is 0 Å². The summed E-state index contributed by atoms with van der Waals surface area (Å²) in [6, 6.07) is 10.2. The zero-order chi connectivity index (χ0) is 26.3. The molecular weight excluding hydrogens is 471 g/mol. The van der Waals surface area contributed by atoms with Crippen LogP contribution in [0.2, 0.25) is 0 Å². The van der Waals surface area contributed by atoms with Gasteiger partial charge in [0, 0.05) is 6.61 Å². The third-order valence-electron chi connectivity index (χ3n) is 6.78. The van der Waals surface area contributed by atoms with Gasteiger partial charge in [0.15, 0.2) is 0 Å². The Morgan fingerprint density at radius 3 is 1.67 bits per heavy atom. The molecule has 5 nitrogen and oxygen atoms in total. The molecule has 0 saturated carbocycles. The Morgan fingerprint density at radius 1 is 0.722 bits per heavy atom. The molecule has 0 radical (unpaired) electrons. The molecule has 0 aliphatic rings. The molecule has 1 aromatic carbocycles. The lowest BCUT2D eigenvalue weighted by molar-refractivity contribution is -0.00318. The maximum atomic E-state index is 11.1. The van der Waals surface area contributed by atoms with Crippen LogP contribution in [0.25, 0.3) is 0 Å². The van der Waals surface area contributed by atoms with Gasteiger partial charge in [-0.3, -0.25) is 4.57 Å². The van der Waals surface area contributed by atoms with Crippen molar-refractivity contribution in [3.63, 3.8) is 0 Å². The molecule has 0 bridgehead atoms. The van der Waals surface area contributed by atoms with Gasteiger partial charge in [-0.25, -0.2) is 0 Å². The smallest absolute Gasteiger partial charge is 0.350 e. The highest BCUT2D eigenvalue weighted by atomic mass is 31.2. The maximum absolute atomic E-state index is 11.1. The van der Waals surface area contributed by atoms with Crippen molar-refractivity contribution < 1.29 is 23.8 Å². The molecule has 2 atom stereocenters. The highest BCUT2D eigenvalue weighted by Gasteiger charge is 2.19. The van der Waals surface area contributed by atoms with E-state index in [1.807, 2.05) is 25.1 Å². The number of unbranched alkanes of at least 4 members (excludes halogenated alkanes) is 15. The van der Waals surface area contributed by atoms with Gasteiger partial charge in [0.2, 0.25) is 0 Å². The zero-order valence-corrected chi connectivity index (χ0v) is 24.1. The molecule has 0 amide bonds. The molecule has 0 aromatic heterocycles. The summed E-state index contributed by atoms with van der Waals surface area (Å²) in [4.78, 5) is 18.1. The fourth-order valence-electron chi connectivity index (χ4n) is 4.65. The molecule has 0 fully saturated rings. The van der Waals surface area contributed by atoms with Crippen LogP contribution in [0, 0.1) is 0 Å². The normalized spacial score (nSPS) is 13.7. The molecule has 36 heavy (non-hydrogen) atoms. The topological polar surface area (TPSA) is 76.0 Å². The third-order valence-corrected chi connectivity index (χ3v) is 7.27. The first-order valence-corrected chi connectivity index (χ1v) is 16.5. The second-order valence-electron chi connectivity index (χ2n) is 10.5. The van der Waals surface area contributed by atoms with E-state index in [-0.39, 0.29) is 12.2 Å². The van der Waals surface area contributed by atoms with E-state index in [2.05, 4.69) is 19.1 Å². The van der Waals surface area contributed by atoms with Crippen LogP contribution in [0.5, 0.6) is 0 Å². The molecule has 0 spiro atoms. The summed E-state index contributed by atoms with van der Waals surface area (Å²) in [5.41, 5.74) is 1.21. The lowest BCUT2D eigenvalue weighted by atomic mass is 10.0. The monoisotopic (exact) mass is 526 g/mol. The first-order chi connectivity index (χ1) is 17.4. The average Bonchev–Trinajstić information content (AvgIpc) is 2.85. The summed E-state index contributed by atoms with van der Waals surface area (Å²) >= 11 is 0. The van der Waals surface area contributed by atoms with Gasteiger partial charge in [-0.2, -0.15) is 0 Å². The van der Waals surface area contributed by atoms with Crippen LogP contribution in [-0.2, 0) is 20.5 Å². The summed E-state index contributed by atoms with van der Waals surface area (Å²) in [7, 11) is -4.15. The van der Waals surface area contributed by atoms with Crippen LogP contribution < -0.4 is 0 Å². The molecule has 210 valence electrons. The SMILES string of the molecule is CCCCCCCCCCCCCCCCCCOC(Cc1ccccc1)CC(C)OCP(=O)(O)O. The van der Waals surface area contributed by atoms with Crippen molar-refractivity contribution in [2.24, 2.45) is 0 Å². The van der Waals surface area contributed by atoms with Crippen LogP contribution in [0.15, 0.2) is 30.3 Å². The van der Waals surface area contributed by atoms with Gasteiger partial charge >= 0.3 is 7.60 Å². The molecule has 1 rings (SSSR count). The van der Waals surface area contributed by atoms with Gasteiger partial charge in [0.1, 0.15) is 6.35 Å². The minimum absolute atomic E-state index is 0.0180. The Labute approximate surface area is 221 Å². The van der Waals surface area contributed by atoms with Gasteiger partial charge in [-0.05, 0) is 31.7 Å². The number of rotatable bonds is 25. The van der Waals surface area contributed by atoms with Crippen molar-refractivity contribution in [1.29, 1.82) is 0 Å². The van der Waals surface area contributed by atoms with Gasteiger partial charge in [-0.15, -0.1) is 0 Å². The number of ether oxygens (including phenoxy) is 2. The molecule has 6 heteroatoms. The van der Waals surface area contributed by atoms with Crippen LogP contribution in [-0.4, -0.2) is 34.9 Å². The minimum atomic E-state index is -4.15. The first kappa shape index (κ1) is 33.3. The van der Waals surface area contributed by atoms with E-state index >= 15 is 0 Å². The van der Waals surface area contributed by atoms with E-state index in [1.54, 1.807) is 0 Å². The fraction of sp³-hybridized carbons (Fsp3) is 0.800. The van der Waals surface area contributed by atoms with E-state index in [1.165, 1.54) is 102 Å². The van der Waals surface area contributed by atoms with E-state index < -0.39 is 13.9 Å². The molecule has 2 unspecified atom stereocenters. The van der Waals surface area contributed by atoms with E-state index in [4.69, 9.17) is 19.3 Å². The summed E-state index contributed by atoms with van der Waals surface area (Å²) in [5, 5.41) is 0. The number of hydrogen-bond donors (Lipinski definition) is 2. The number of benzene rings is 1. The van der Waals surface area contributed by atoms with Crippen LogP contribution >= 0.6 is 7.60 Å². The van der Waals surface area contributed by atoms with Crippen molar-refractivity contribution in [1.82, 2.24) is 0 Å². The quantitative estimate of drug-likeness (QED) is 0.0983. The third kappa shape index (κ3) is 21.4.